The molecule has 40 heavy (non-hydrogen) atoms. The van der Waals surface area contributed by atoms with Crippen LogP contribution < -0.4 is 5.73 Å². The number of sulfone groups is 1. The van der Waals surface area contributed by atoms with Gasteiger partial charge in [0.25, 0.3) is 0 Å². The Bertz CT molecular complexity index is 1470. The highest BCUT2D eigenvalue weighted by atomic mass is 32.2. The molecular weight excluding hydrogens is 564 g/mol. The van der Waals surface area contributed by atoms with Crippen LogP contribution in [0.25, 0.3) is 5.70 Å². The number of carbonyl (C=O) groups excluding carboxylic acids is 1. The molecular formula is C25H27F6N5O3S. The van der Waals surface area contributed by atoms with Crippen LogP contribution in [0, 0.1) is 17.5 Å². The number of alkyl halides is 3. The summed E-state index contributed by atoms with van der Waals surface area (Å²) in [5.41, 5.74) is 7.47. The quantitative estimate of drug-likeness (QED) is 0.410. The lowest BCUT2D eigenvalue weighted by Gasteiger charge is -2.33. The number of rotatable bonds is 6. The summed E-state index contributed by atoms with van der Waals surface area (Å²) in [5.74, 6) is -5.42. The van der Waals surface area contributed by atoms with Crippen LogP contribution in [0.1, 0.15) is 42.0 Å². The van der Waals surface area contributed by atoms with Crippen molar-refractivity contribution < 1.29 is 39.6 Å². The second-order valence-electron chi connectivity index (χ2n) is 10.3. The Morgan fingerprint density at radius 1 is 0.975 bits per heavy atom. The van der Waals surface area contributed by atoms with Gasteiger partial charge in [0.1, 0.15) is 11.5 Å². The zero-order valence-corrected chi connectivity index (χ0v) is 22.1. The lowest BCUT2D eigenvalue weighted by atomic mass is 10.0. The molecule has 15 heteroatoms. The fraction of sp³-hybridized carbons (Fsp3) is 0.520. The molecule has 2 N–H and O–H groups in total. The number of halogens is 6. The van der Waals surface area contributed by atoms with Crippen LogP contribution in [-0.4, -0.2) is 70.9 Å². The first-order chi connectivity index (χ1) is 18.7. The minimum Gasteiger partial charge on any atom is -0.368 e. The molecule has 3 heterocycles. The number of nitrogens with two attached hydrogens (primary N) is 1. The van der Waals surface area contributed by atoms with E-state index in [-0.39, 0.29) is 74.0 Å². The largest absolute Gasteiger partial charge is 0.449 e. The van der Waals surface area contributed by atoms with Crippen LogP contribution >= 0.6 is 0 Å². The fourth-order valence-electron chi connectivity index (χ4n) is 5.19. The van der Waals surface area contributed by atoms with Gasteiger partial charge in [-0.2, -0.15) is 13.2 Å². The van der Waals surface area contributed by atoms with Gasteiger partial charge < -0.3 is 20.1 Å². The van der Waals surface area contributed by atoms with Crippen molar-refractivity contribution in [1.29, 1.82) is 0 Å². The monoisotopic (exact) mass is 591 g/mol. The van der Waals surface area contributed by atoms with Crippen LogP contribution in [0.4, 0.5) is 26.3 Å². The third kappa shape index (κ3) is 5.85. The highest BCUT2D eigenvalue weighted by Crippen LogP contribution is 2.42. The van der Waals surface area contributed by atoms with Gasteiger partial charge in [0.05, 0.1) is 29.4 Å². The minimum absolute atomic E-state index is 0.0508. The average Bonchev–Trinajstić information content (AvgIpc) is 3.62. The summed E-state index contributed by atoms with van der Waals surface area (Å²) >= 11 is 0. The number of aromatic nitrogens is 2. The van der Waals surface area contributed by atoms with E-state index in [1.165, 1.54) is 4.90 Å². The molecule has 1 aromatic carbocycles. The van der Waals surface area contributed by atoms with E-state index in [1.54, 1.807) is 4.90 Å². The smallest absolute Gasteiger partial charge is 0.368 e. The van der Waals surface area contributed by atoms with Gasteiger partial charge in [0.15, 0.2) is 21.5 Å². The Hall–Kier alpha value is -3.07. The number of allylic oxidation sites excluding steroid dienone is 1. The van der Waals surface area contributed by atoms with Crippen molar-refractivity contribution in [3.05, 3.63) is 57.9 Å². The predicted molar refractivity (Wildman–Crippen MR) is 132 cm³/mol. The molecule has 1 atom stereocenters. The van der Waals surface area contributed by atoms with E-state index in [2.05, 4.69) is 4.98 Å². The van der Waals surface area contributed by atoms with Gasteiger partial charge in [-0.1, -0.05) is 0 Å². The van der Waals surface area contributed by atoms with Gasteiger partial charge in [0, 0.05) is 44.7 Å². The molecule has 0 spiro atoms. The molecule has 5 rings (SSSR count). The number of benzene rings is 1. The molecule has 0 radical (unpaired) electrons. The number of carbonyl (C=O) groups is 1. The second-order valence-corrected chi connectivity index (χ2v) is 12.6. The molecule has 1 saturated heterocycles. The van der Waals surface area contributed by atoms with Gasteiger partial charge in [-0.25, -0.2) is 26.6 Å². The Balaban J connectivity index is 1.38. The van der Waals surface area contributed by atoms with E-state index in [0.717, 1.165) is 10.1 Å². The maximum atomic E-state index is 14.0. The van der Waals surface area contributed by atoms with Crippen LogP contribution in [-0.2, 0) is 40.3 Å². The van der Waals surface area contributed by atoms with Crippen LogP contribution in [0.3, 0.4) is 0 Å². The first-order valence-corrected chi connectivity index (χ1v) is 14.6. The molecule has 1 saturated carbocycles. The van der Waals surface area contributed by atoms with Crippen molar-refractivity contribution in [1.82, 2.24) is 19.4 Å². The van der Waals surface area contributed by atoms with Crippen LogP contribution in [0.2, 0.25) is 0 Å². The number of fused-ring (bicyclic) bond motifs is 1. The van der Waals surface area contributed by atoms with Crippen molar-refractivity contribution in [2.45, 2.75) is 51.0 Å². The summed E-state index contributed by atoms with van der Waals surface area (Å²) in [6.45, 7) is -0.149. The third-order valence-electron chi connectivity index (χ3n) is 7.34. The van der Waals surface area contributed by atoms with Gasteiger partial charge in [-0.05, 0) is 36.5 Å². The Kier molecular flexibility index (Phi) is 7.40. The van der Waals surface area contributed by atoms with E-state index in [1.807, 2.05) is 0 Å². The van der Waals surface area contributed by atoms with E-state index in [0.29, 0.717) is 30.7 Å². The number of hydrogen-bond acceptors (Lipinski definition) is 6. The summed E-state index contributed by atoms with van der Waals surface area (Å²) in [7, 11) is -3.23. The Morgan fingerprint density at radius 2 is 1.62 bits per heavy atom. The van der Waals surface area contributed by atoms with Gasteiger partial charge >= 0.3 is 6.18 Å². The van der Waals surface area contributed by atoms with Gasteiger partial charge in [-0.3, -0.25) is 4.79 Å². The normalized spacial score (nSPS) is 19.4. The Morgan fingerprint density at radius 3 is 2.25 bits per heavy atom. The van der Waals surface area contributed by atoms with Crippen LogP contribution in [0.15, 0.2) is 17.7 Å². The molecule has 1 aliphatic carbocycles. The zero-order valence-electron chi connectivity index (χ0n) is 21.3. The molecule has 2 aromatic rings. The average molecular weight is 592 g/mol. The van der Waals surface area contributed by atoms with E-state index >= 15 is 0 Å². The maximum absolute atomic E-state index is 14.0. The number of nitrogens with zero attached hydrogens (tertiary/aromatic N) is 4. The molecule has 1 amide bonds. The minimum atomic E-state index is -4.75. The van der Waals surface area contributed by atoms with Gasteiger partial charge in [-0.15, -0.1) is 0 Å². The summed E-state index contributed by atoms with van der Waals surface area (Å²) in [4.78, 5) is 20.2. The van der Waals surface area contributed by atoms with E-state index in [9.17, 15) is 39.6 Å². The molecule has 8 nitrogen and oxygen atoms in total. The van der Waals surface area contributed by atoms with Crippen molar-refractivity contribution in [3.63, 3.8) is 0 Å². The number of imidazole rings is 1. The molecule has 3 aliphatic rings. The summed E-state index contributed by atoms with van der Waals surface area (Å²) in [6, 6.07) is 0.121. The predicted octanol–water partition coefficient (Wildman–Crippen LogP) is 2.86. The highest BCUT2D eigenvalue weighted by molar-refractivity contribution is 7.91. The Labute approximate surface area is 226 Å². The molecule has 0 bridgehead atoms. The molecule has 218 valence electrons. The SMILES string of the molecule is N[C@@H](CC(=O)N1CCn2c(C(F)(F)F)nc(C(=C3CC3)N3CCS(=O)(=O)CC3)c2C1)Cc1cc(F)c(F)cc1F. The third-order valence-corrected chi connectivity index (χ3v) is 8.95. The topological polar surface area (TPSA) is 102 Å². The highest BCUT2D eigenvalue weighted by Gasteiger charge is 2.43. The van der Waals surface area contributed by atoms with E-state index < -0.39 is 51.2 Å². The molecule has 0 unspecified atom stereocenters. The molecule has 2 aliphatic heterocycles. The summed E-state index contributed by atoms with van der Waals surface area (Å²) in [5, 5.41) is 0. The second kappa shape index (κ2) is 10.4. The standard InChI is InChI=1S/C25H27F6N5O3S/c26-17-12-19(28)18(27)10-15(17)9-16(32)11-21(37)35-3-4-36-20(13-35)22(33-24(36)25(29,30)31)23(14-1-2-14)34-5-7-40(38,39)8-6-34/h10,12,16H,1-9,11,13,32H2/t16-/m1/s1. The lowest BCUT2D eigenvalue weighted by Crippen LogP contribution is -2.42. The van der Waals surface area contributed by atoms with Crippen molar-refractivity contribution in [3.8, 4) is 0 Å². The zero-order chi connectivity index (χ0) is 29.0. The maximum Gasteiger partial charge on any atom is 0.449 e. The summed E-state index contributed by atoms with van der Waals surface area (Å²) < 4.78 is 108. The summed E-state index contributed by atoms with van der Waals surface area (Å²) in [6.07, 6.45) is -3.99. The molecule has 2 fully saturated rings. The molecule has 1 aromatic heterocycles. The number of hydrogen-bond donors (Lipinski definition) is 1. The first kappa shape index (κ1) is 28.5. The van der Waals surface area contributed by atoms with Crippen molar-refractivity contribution >= 4 is 21.4 Å². The van der Waals surface area contributed by atoms with Crippen molar-refractivity contribution in [2.75, 3.05) is 31.1 Å². The van der Waals surface area contributed by atoms with E-state index in [4.69, 9.17) is 5.73 Å². The first-order valence-electron chi connectivity index (χ1n) is 12.7. The van der Waals surface area contributed by atoms with Gasteiger partial charge in [0.2, 0.25) is 11.7 Å². The van der Waals surface area contributed by atoms with Crippen LogP contribution in [0.5, 0.6) is 0 Å². The number of amides is 1. The lowest BCUT2D eigenvalue weighted by molar-refractivity contribution is -0.148. The van der Waals surface area contributed by atoms with Crippen molar-refractivity contribution in [2.24, 2.45) is 5.73 Å². The fourth-order valence-corrected chi connectivity index (χ4v) is 6.39.